The normalized spacial score (nSPS) is 12.0. The van der Waals surface area contributed by atoms with Crippen molar-refractivity contribution in [3.8, 4) is 0 Å². The number of aryl methyl sites for hydroxylation is 2. The van der Waals surface area contributed by atoms with E-state index in [-0.39, 0.29) is 12.2 Å². The Labute approximate surface area is 165 Å². The van der Waals surface area contributed by atoms with Gasteiger partial charge in [-0.25, -0.2) is 18.9 Å². The molecular weight excluding hydrogens is 407 g/mol. The number of alkyl halides is 3. The molecule has 1 amide bonds. The van der Waals surface area contributed by atoms with E-state index >= 15 is 0 Å². The number of carbonyl (C=O) groups is 1. The molecule has 1 N–H and O–H groups in total. The number of carbonyl (C=O) groups excluding carboxylic acids is 1. The van der Waals surface area contributed by atoms with E-state index in [1.54, 1.807) is 0 Å². The summed E-state index contributed by atoms with van der Waals surface area (Å²) in [5.41, 5.74) is 0.219. The van der Waals surface area contributed by atoms with Gasteiger partial charge in [0.25, 0.3) is 0 Å². The molecule has 0 aliphatic carbocycles. The van der Waals surface area contributed by atoms with Crippen LogP contribution in [0.3, 0.4) is 0 Å². The number of aromatic nitrogens is 4. The van der Waals surface area contributed by atoms with Crippen molar-refractivity contribution >= 4 is 38.8 Å². The van der Waals surface area contributed by atoms with E-state index in [2.05, 4.69) is 15.4 Å². The summed E-state index contributed by atoms with van der Waals surface area (Å²) in [6.07, 6.45) is -3.09. The molecule has 150 valence electrons. The number of benzene rings is 1. The van der Waals surface area contributed by atoms with Gasteiger partial charge >= 0.3 is 11.9 Å². The highest BCUT2D eigenvalue weighted by molar-refractivity contribution is 7.18. The van der Waals surface area contributed by atoms with Crippen molar-refractivity contribution in [3.05, 3.63) is 57.1 Å². The smallest absolute Gasteiger partial charge is 0.324 e. The number of rotatable bonds is 3. The molecule has 7 nitrogen and oxygen atoms in total. The first-order valence-corrected chi connectivity index (χ1v) is 9.28. The van der Waals surface area contributed by atoms with E-state index < -0.39 is 23.3 Å². The Hall–Kier alpha value is -3.21. The van der Waals surface area contributed by atoms with Crippen molar-refractivity contribution in [3.63, 3.8) is 0 Å². The van der Waals surface area contributed by atoms with Crippen LogP contribution >= 0.6 is 11.3 Å². The molecule has 0 atom stereocenters. The van der Waals surface area contributed by atoms with E-state index in [1.165, 1.54) is 22.1 Å². The maximum atomic E-state index is 12.6. The predicted octanol–water partition coefficient (Wildman–Crippen LogP) is 3.38. The Morgan fingerprint density at radius 2 is 1.90 bits per heavy atom. The van der Waals surface area contributed by atoms with Gasteiger partial charge in [0.15, 0.2) is 5.65 Å². The number of anilines is 1. The van der Waals surface area contributed by atoms with Crippen molar-refractivity contribution in [2.24, 2.45) is 0 Å². The lowest BCUT2D eigenvalue weighted by Gasteiger charge is -2.08. The van der Waals surface area contributed by atoms with Crippen LogP contribution in [0.5, 0.6) is 0 Å². The molecule has 3 heterocycles. The van der Waals surface area contributed by atoms with Gasteiger partial charge < -0.3 is 5.32 Å². The van der Waals surface area contributed by atoms with Crippen LogP contribution < -0.4 is 11.0 Å². The van der Waals surface area contributed by atoms with Gasteiger partial charge in [-0.05, 0) is 43.7 Å². The van der Waals surface area contributed by atoms with Gasteiger partial charge in [-0.1, -0.05) is 0 Å². The highest BCUT2D eigenvalue weighted by atomic mass is 32.1. The Bertz CT molecular complexity index is 1300. The first kappa shape index (κ1) is 19.1. The number of halogens is 3. The van der Waals surface area contributed by atoms with Crippen molar-refractivity contribution in [1.82, 2.24) is 19.2 Å². The highest BCUT2D eigenvalue weighted by Gasteiger charge is 2.30. The van der Waals surface area contributed by atoms with E-state index in [0.29, 0.717) is 5.65 Å². The fourth-order valence-corrected chi connectivity index (χ4v) is 3.94. The number of nitrogens with one attached hydrogen (secondary N) is 1. The summed E-state index contributed by atoms with van der Waals surface area (Å²) in [7, 11) is 0. The highest BCUT2D eigenvalue weighted by Crippen LogP contribution is 2.31. The summed E-state index contributed by atoms with van der Waals surface area (Å²) >= 11 is 1.49. The molecule has 0 saturated heterocycles. The van der Waals surface area contributed by atoms with Crippen LogP contribution in [-0.4, -0.2) is 25.1 Å². The molecule has 0 radical (unpaired) electrons. The maximum Gasteiger partial charge on any atom is 0.416 e. The number of hydrogen-bond donors (Lipinski definition) is 1. The Morgan fingerprint density at radius 3 is 2.55 bits per heavy atom. The lowest BCUT2D eigenvalue weighted by molar-refractivity contribution is -0.137. The van der Waals surface area contributed by atoms with Gasteiger partial charge in [-0.2, -0.15) is 13.2 Å². The first-order chi connectivity index (χ1) is 13.6. The molecule has 0 aliphatic heterocycles. The Balaban J connectivity index is 1.61. The van der Waals surface area contributed by atoms with Gasteiger partial charge in [-0.3, -0.25) is 4.79 Å². The fraction of sp³-hybridized carbons (Fsp3) is 0.222. The average molecular weight is 421 g/mol. The van der Waals surface area contributed by atoms with Crippen LogP contribution in [0.15, 0.2) is 35.4 Å². The molecule has 0 spiro atoms. The third-order valence-electron chi connectivity index (χ3n) is 4.54. The van der Waals surface area contributed by atoms with Gasteiger partial charge in [0, 0.05) is 10.6 Å². The van der Waals surface area contributed by atoms with Crippen LogP contribution in [0.2, 0.25) is 0 Å². The zero-order chi connectivity index (χ0) is 20.9. The molecule has 11 heteroatoms. The second-order valence-corrected chi connectivity index (χ2v) is 7.67. The summed E-state index contributed by atoms with van der Waals surface area (Å²) in [6.45, 7) is 3.48. The zero-order valence-corrected chi connectivity index (χ0v) is 16.1. The quantitative estimate of drug-likeness (QED) is 0.550. The van der Waals surface area contributed by atoms with Gasteiger partial charge in [-0.15, -0.1) is 16.4 Å². The molecule has 0 bridgehead atoms. The van der Waals surface area contributed by atoms with Gasteiger partial charge in [0.2, 0.25) is 5.91 Å². The minimum absolute atomic E-state index is 0.188. The van der Waals surface area contributed by atoms with Crippen molar-refractivity contribution in [1.29, 1.82) is 0 Å². The number of amides is 1. The summed E-state index contributed by atoms with van der Waals surface area (Å²) in [5.74, 6) is -0.585. The van der Waals surface area contributed by atoms with Crippen LogP contribution in [0.25, 0.3) is 15.9 Å². The third kappa shape index (κ3) is 3.37. The molecule has 3 aromatic heterocycles. The fourth-order valence-electron chi connectivity index (χ4n) is 2.95. The second-order valence-electron chi connectivity index (χ2n) is 6.47. The summed E-state index contributed by atoms with van der Waals surface area (Å²) in [4.78, 5) is 30.9. The molecule has 29 heavy (non-hydrogen) atoms. The third-order valence-corrected chi connectivity index (χ3v) is 5.66. The van der Waals surface area contributed by atoms with Crippen LogP contribution in [0.4, 0.5) is 18.9 Å². The average Bonchev–Trinajstić information content (AvgIpc) is 3.11. The molecule has 0 fully saturated rings. The van der Waals surface area contributed by atoms with Crippen LogP contribution in [0.1, 0.15) is 16.0 Å². The topological polar surface area (TPSA) is 81.3 Å². The molecular formula is C18H14F3N5O2S. The van der Waals surface area contributed by atoms with Crippen LogP contribution in [0, 0.1) is 13.8 Å². The summed E-state index contributed by atoms with van der Waals surface area (Å²) in [6, 6.07) is 4.05. The zero-order valence-electron chi connectivity index (χ0n) is 15.2. The van der Waals surface area contributed by atoms with Gasteiger partial charge in [0.05, 0.1) is 10.9 Å². The van der Waals surface area contributed by atoms with Crippen LogP contribution in [-0.2, 0) is 17.5 Å². The molecule has 0 saturated carbocycles. The lowest BCUT2D eigenvalue weighted by Crippen LogP contribution is -2.28. The number of fused-ring (bicyclic) bond motifs is 3. The molecule has 4 rings (SSSR count). The van der Waals surface area contributed by atoms with E-state index in [1.807, 2.05) is 13.8 Å². The number of nitrogens with zero attached hydrogens (tertiary/aromatic N) is 4. The monoisotopic (exact) mass is 421 g/mol. The Morgan fingerprint density at radius 1 is 1.21 bits per heavy atom. The maximum absolute atomic E-state index is 12.6. The molecule has 1 aromatic carbocycles. The first-order valence-electron chi connectivity index (χ1n) is 8.46. The molecule has 0 aliphatic rings. The minimum Gasteiger partial charge on any atom is -0.324 e. The predicted molar refractivity (Wildman–Crippen MR) is 102 cm³/mol. The lowest BCUT2D eigenvalue weighted by atomic mass is 10.2. The largest absolute Gasteiger partial charge is 0.416 e. The minimum atomic E-state index is -4.45. The number of hydrogen-bond acceptors (Lipinski definition) is 5. The standard InChI is InChI=1S/C18H14F3N5O2S/c1-9-10(2)29-16-14(9)15-24-26(17(28)25(15)8-22-16)7-13(27)23-12-5-3-11(4-6-12)18(19,20)21/h3-6,8H,7H2,1-2H3,(H,23,27). The van der Waals surface area contributed by atoms with E-state index in [9.17, 15) is 22.8 Å². The van der Waals surface area contributed by atoms with Crippen molar-refractivity contribution in [2.45, 2.75) is 26.6 Å². The van der Waals surface area contributed by atoms with Crippen molar-refractivity contribution < 1.29 is 18.0 Å². The van der Waals surface area contributed by atoms with Gasteiger partial charge in [0.1, 0.15) is 17.7 Å². The van der Waals surface area contributed by atoms with Crippen molar-refractivity contribution in [2.75, 3.05) is 5.32 Å². The SMILES string of the molecule is Cc1sc2ncn3c(=O)n(CC(=O)Nc4ccc(C(F)(F)F)cc4)nc3c2c1C. The summed E-state index contributed by atoms with van der Waals surface area (Å²) < 4.78 is 40.1. The second kappa shape index (κ2) is 6.69. The molecule has 4 aromatic rings. The van der Waals surface area contributed by atoms with E-state index in [0.717, 1.165) is 49.6 Å². The molecule has 0 unspecified atom stereocenters. The number of thiophene rings is 1. The van der Waals surface area contributed by atoms with E-state index in [4.69, 9.17) is 0 Å². The summed E-state index contributed by atoms with van der Waals surface area (Å²) in [5, 5.41) is 7.49. The Kier molecular flexibility index (Phi) is 4.41.